The Hall–Kier alpha value is -1.08. The molecule has 0 aromatic carbocycles. The first-order chi connectivity index (χ1) is 8.83. The fourth-order valence-corrected chi connectivity index (χ4v) is 3.58. The second-order valence-electron chi connectivity index (χ2n) is 4.52. The average molecular weight is 304 g/mol. The number of thiophene rings is 1. The van der Waals surface area contributed by atoms with E-state index in [2.05, 4.69) is 5.32 Å². The summed E-state index contributed by atoms with van der Waals surface area (Å²) < 4.78 is 22.5. The molecule has 1 unspecified atom stereocenters. The van der Waals surface area contributed by atoms with Gasteiger partial charge in [0.2, 0.25) is 0 Å². The van der Waals surface area contributed by atoms with Gasteiger partial charge in [0.1, 0.15) is 9.84 Å². The number of carbonyl (C=O) groups is 1. The highest BCUT2D eigenvalue weighted by atomic mass is 32.2. The number of carbonyl (C=O) groups excluding carboxylic acids is 1. The van der Waals surface area contributed by atoms with Crippen LogP contribution in [0, 0.1) is 0 Å². The molecule has 0 spiro atoms. The number of nitrogens with one attached hydrogen (secondary N) is 1. The maximum Gasteiger partial charge on any atom is 0.317 e. The highest BCUT2D eigenvalue weighted by molar-refractivity contribution is 7.90. The fraction of sp³-hybridized carbons (Fsp3) is 0.583. The van der Waals surface area contributed by atoms with E-state index in [0.29, 0.717) is 13.1 Å². The van der Waals surface area contributed by atoms with Gasteiger partial charge in [-0.05, 0) is 36.2 Å². The van der Waals surface area contributed by atoms with Crippen LogP contribution < -0.4 is 5.32 Å². The average Bonchev–Trinajstić information content (AvgIpc) is 2.77. The third-order valence-electron chi connectivity index (χ3n) is 2.70. The molecule has 0 aliphatic rings. The van der Waals surface area contributed by atoms with Crippen LogP contribution >= 0.6 is 11.3 Å². The Balaban J connectivity index is 2.56. The summed E-state index contributed by atoms with van der Waals surface area (Å²) in [5, 5.41) is 6.72. The smallest absolute Gasteiger partial charge is 0.317 e. The Labute approximate surface area is 118 Å². The molecule has 2 amide bonds. The highest BCUT2D eigenvalue weighted by Gasteiger charge is 2.21. The van der Waals surface area contributed by atoms with Crippen LogP contribution in [0.4, 0.5) is 4.79 Å². The molecule has 0 bridgehead atoms. The van der Waals surface area contributed by atoms with Crippen LogP contribution in [0.15, 0.2) is 16.8 Å². The standard InChI is InChI=1S/C12H20N2O3S2/c1-4-14(10(2)9-19(3,16)17)12(15)13-7-11-5-6-18-8-11/h5-6,8,10H,4,7,9H2,1-3H3,(H,13,15). The molecule has 1 N–H and O–H groups in total. The lowest BCUT2D eigenvalue weighted by Crippen LogP contribution is -2.47. The molecule has 5 nitrogen and oxygen atoms in total. The Morgan fingerprint density at radius 2 is 2.21 bits per heavy atom. The molecule has 0 aliphatic carbocycles. The predicted molar refractivity (Wildman–Crippen MR) is 78.1 cm³/mol. The van der Waals surface area contributed by atoms with Crippen LogP contribution in [0.3, 0.4) is 0 Å². The van der Waals surface area contributed by atoms with Crippen molar-refractivity contribution in [2.45, 2.75) is 26.4 Å². The van der Waals surface area contributed by atoms with Crippen LogP contribution in [0.5, 0.6) is 0 Å². The molecular formula is C12H20N2O3S2. The van der Waals surface area contributed by atoms with Crippen LogP contribution in [0.2, 0.25) is 0 Å². The number of sulfone groups is 1. The highest BCUT2D eigenvalue weighted by Crippen LogP contribution is 2.07. The van der Waals surface area contributed by atoms with Crippen molar-refractivity contribution in [1.29, 1.82) is 0 Å². The molecule has 0 saturated heterocycles. The summed E-state index contributed by atoms with van der Waals surface area (Å²) in [4.78, 5) is 13.6. The maximum atomic E-state index is 12.0. The van der Waals surface area contributed by atoms with Gasteiger partial charge >= 0.3 is 6.03 Å². The summed E-state index contributed by atoms with van der Waals surface area (Å²) in [6.45, 7) is 4.52. The number of rotatable bonds is 6. The molecule has 108 valence electrons. The van der Waals surface area contributed by atoms with E-state index < -0.39 is 9.84 Å². The lowest BCUT2D eigenvalue weighted by molar-refractivity contribution is 0.187. The number of hydrogen-bond acceptors (Lipinski definition) is 4. The monoisotopic (exact) mass is 304 g/mol. The molecule has 19 heavy (non-hydrogen) atoms. The first-order valence-corrected chi connectivity index (χ1v) is 9.07. The van der Waals surface area contributed by atoms with Crippen LogP contribution in [0.25, 0.3) is 0 Å². The Morgan fingerprint density at radius 3 is 2.68 bits per heavy atom. The van der Waals surface area contributed by atoms with Gasteiger partial charge in [-0.3, -0.25) is 0 Å². The zero-order valence-electron chi connectivity index (χ0n) is 11.4. The summed E-state index contributed by atoms with van der Waals surface area (Å²) in [5.41, 5.74) is 1.05. The molecule has 0 aliphatic heterocycles. The third kappa shape index (κ3) is 5.61. The van der Waals surface area contributed by atoms with Gasteiger partial charge in [0.15, 0.2) is 0 Å². The van der Waals surface area contributed by atoms with E-state index >= 15 is 0 Å². The summed E-state index contributed by atoms with van der Waals surface area (Å²) >= 11 is 1.58. The Morgan fingerprint density at radius 1 is 1.53 bits per heavy atom. The lowest BCUT2D eigenvalue weighted by Gasteiger charge is -2.27. The van der Waals surface area contributed by atoms with Crippen molar-refractivity contribution in [1.82, 2.24) is 10.2 Å². The van der Waals surface area contributed by atoms with Crippen molar-refractivity contribution in [3.05, 3.63) is 22.4 Å². The molecule has 0 radical (unpaired) electrons. The second kappa shape index (κ2) is 6.91. The molecule has 1 atom stereocenters. The van der Waals surface area contributed by atoms with Crippen molar-refractivity contribution in [3.8, 4) is 0 Å². The lowest BCUT2D eigenvalue weighted by atomic mass is 10.3. The summed E-state index contributed by atoms with van der Waals surface area (Å²) in [6, 6.07) is 1.38. The topological polar surface area (TPSA) is 66.5 Å². The third-order valence-corrected chi connectivity index (χ3v) is 4.52. The molecular weight excluding hydrogens is 284 g/mol. The summed E-state index contributed by atoms with van der Waals surface area (Å²) in [7, 11) is -3.09. The molecule has 1 rings (SSSR count). The summed E-state index contributed by atoms with van der Waals surface area (Å²) in [6.07, 6.45) is 1.18. The van der Waals surface area contributed by atoms with Gasteiger partial charge in [0.25, 0.3) is 0 Å². The largest absolute Gasteiger partial charge is 0.334 e. The van der Waals surface area contributed by atoms with Gasteiger partial charge in [-0.25, -0.2) is 13.2 Å². The van der Waals surface area contributed by atoms with Crippen LogP contribution in [-0.4, -0.2) is 43.9 Å². The molecule has 1 aromatic heterocycles. The van der Waals surface area contributed by atoms with Gasteiger partial charge in [-0.15, -0.1) is 0 Å². The predicted octanol–water partition coefficient (Wildman–Crippen LogP) is 1.71. The number of nitrogens with zero attached hydrogens (tertiary/aromatic N) is 1. The minimum atomic E-state index is -3.09. The van der Waals surface area contributed by atoms with Gasteiger partial charge in [-0.2, -0.15) is 11.3 Å². The maximum absolute atomic E-state index is 12.0. The van der Waals surface area contributed by atoms with E-state index in [1.807, 2.05) is 23.8 Å². The van der Waals surface area contributed by atoms with Crippen molar-refractivity contribution >= 4 is 27.2 Å². The van der Waals surface area contributed by atoms with Crippen molar-refractivity contribution in [2.75, 3.05) is 18.6 Å². The number of amides is 2. The normalized spacial score (nSPS) is 13.0. The van der Waals surface area contributed by atoms with E-state index in [4.69, 9.17) is 0 Å². The Bertz CT molecular complexity index is 497. The van der Waals surface area contributed by atoms with Gasteiger partial charge in [-0.1, -0.05) is 0 Å². The first kappa shape index (κ1) is 16.0. The molecule has 0 saturated carbocycles. The van der Waals surface area contributed by atoms with E-state index in [-0.39, 0.29) is 17.8 Å². The van der Waals surface area contributed by atoms with Crippen LogP contribution in [0.1, 0.15) is 19.4 Å². The van der Waals surface area contributed by atoms with E-state index in [1.54, 1.807) is 18.3 Å². The van der Waals surface area contributed by atoms with Crippen molar-refractivity contribution < 1.29 is 13.2 Å². The van der Waals surface area contributed by atoms with Gasteiger partial charge in [0, 0.05) is 25.4 Å². The van der Waals surface area contributed by atoms with Gasteiger partial charge in [0.05, 0.1) is 5.75 Å². The molecule has 1 aromatic rings. The van der Waals surface area contributed by atoms with E-state index in [1.165, 1.54) is 11.2 Å². The zero-order valence-corrected chi connectivity index (χ0v) is 13.1. The van der Waals surface area contributed by atoms with E-state index in [0.717, 1.165) is 5.56 Å². The molecule has 1 heterocycles. The quantitative estimate of drug-likeness (QED) is 0.870. The van der Waals surface area contributed by atoms with Gasteiger partial charge < -0.3 is 10.2 Å². The van der Waals surface area contributed by atoms with Crippen molar-refractivity contribution in [2.24, 2.45) is 0 Å². The Kier molecular flexibility index (Phi) is 5.81. The molecule has 0 fully saturated rings. The summed E-state index contributed by atoms with van der Waals surface area (Å²) in [5.74, 6) is -0.0211. The second-order valence-corrected chi connectivity index (χ2v) is 7.48. The van der Waals surface area contributed by atoms with E-state index in [9.17, 15) is 13.2 Å². The van der Waals surface area contributed by atoms with Crippen molar-refractivity contribution in [3.63, 3.8) is 0 Å². The molecule has 7 heteroatoms. The fourth-order valence-electron chi connectivity index (χ4n) is 1.86. The number of hydrogen-bond donors (Lipinski definition) is 1. The first-order valence-electron chi connectivity index (χ1n) is 6.06. The minimum absolute atomic E-state index is 0.0211. The number of urea groups is 1. The minimum Gasteiger partial charge on any atom is -0.334 e. The van der Waals surface area contributed by atoms with Crippen LogP contribution in [-0.2, 0) is 16.4 Å². The SMILES string of the molecule is CCN(C(=O)NCc1ccsc1)C(C)CS(C)(=O)=O. The zero-order chi connectivity index (χ0) is 14.5.